The number of hydrogen-bond donors (Lipinski definition) is 3. The second kappa shape index (κ2) is 16.5. The maximum absolute atomic E-state index is 13.5. The third kappa shape index (κ3) is 11.0. The van der Waals surface area contributed by atoms with E-state index in [-0.39, 0.29) is 30.0 Å². The SMILES string of the molecule is CNCCCS(=O)(=O)N(CCC1CCCCC1)Cc1ccc(C(=O)N[C@@H](CCS(C)(=O)=O)C(=O)O)c(-c2ccccc2C)c1. The minimum atomic E-state index is -3.55. The van der Waals surface area contributed by atoms with Crippen molar-refractivity contribution >= 4 is 31.7 Å². The summed E-state index contributed by atoms with van der Waals surface area (Å²) in [5.41, 5.74) is 3.13. The molecular formula is C32H47N3O7S2. The molecule has 1 amide bonds. The molecule has 0 saturated heterocycles. The highest BCUT2D eigenvalue weighted by molar-refractivity contribution is 7.90. The van der Waals surface area contributed by atoms with Crippen molar-refractivity contribution in [2.24, 2.45) is 5.92 Å². The normalized spacial score (nSPS) is 15.3. The highest BCUT2D eigenvalue weighted by atomic mass is 32.2. The summed E-state index contributed by atoms with van der Waals surface area (Å²) >= 11 is 0. The predicted molar refractivity (Wildman–Crippen MR) is 174 cm³/mol. The number of rotatable bonds is 17. The number of aryl methyl sites for hydroxylation is 1. The maximum Gasteiger partial charge on any atom is 0.326 e. The Kier molecular flexibility index (Phi) is 13.4. The maximum atomic E-state index is 13.5. The Hall–Kier alpha value is -2.80. The Morgan fingerprint density at radius 3 is 2.34 bits per heavy atom. The van der Waals surface area contributed by atoms with Gasteiger partial charge in [-0.1, -0.05) is 62.4 Å². The van der Waals surface area contributed by atoms with Crippen molar-refractivity contribution in [1.82, 2.24) is 14.9 Å². The van der Waals surface area contributed by atoms with Gasteiger partial charge in [0, 0.05) is 24.9 Å². The molecule has 2 aromatic rings. The molecule has 3 N–H and O–H groups in total. The van der Waals surface area contributed by atoms with Crippen LogP contribution in [0, 0.1) is 12.8 Å². The molecule has 3 rings (SSSR count). The van der Waals surface area contributed by atoms with E-state index in [4.69, 9.17) is 0 Å². The lowest BCUT2D eigenvalue weighted by molar-refractivity contribution is -0.139. The predicted octanol–water partition coefficient (Wildman–Crippen LogP) is 3.99. The highest BCUT2D eigenvalue weighted by Gasteiger charge is 2.27. The van der Waals surface area contributed by atoms with E-state index in [1.165, 1.54) is 19.3 Å². The molecule has 0 heterocycles. The zero-order valence-electron chi connectivity index (χ0n) is 26.0. The van der Waals surface area contributed by atoms with Crippen LogP contribution in [0.5, 0.6) is 0 Å². The van der Waals surface area contributed by atoms with Gasteiger partial charge in [0.15, 0.2) is 0 Å². The summed E-state index contributed by atoms with van der Waals surface area (Å²) < 4.78 is 51.9. The zero-order valence-corrected chi connectivity index (χ0v) is 27.7. The fourth-order valence-electron chi connectivity index (χ4n) is 5.69. The number of carboxylic acid groups (broad SMARTS) is 1. The topological polar surface area (TPSA) is 150 Å². The van der Waals surface area contributed by atoms with Gasteiger partial charge in [0.1, 0.15) is 15.9 Å². The standard InChI is InChI=1S/C32H47N3O7S2/c1-24-10-7-8-13-27(24)29-22-26(14-15-28(29)31(36)34-30(32(37)38)17-21-43(3,39)40)23-35(44(41,42)20-9-18-33-2)19-16-25-11-5-4-6-12-25/h7-8,10,13-15,22,25,30,33H,4-6,9,11-12,16-21,23H2,1-3H3,(H,34,36)(H,37,38)/t30-/m0/s1. The summed E-state index contributed by atoms with van der Waals surface area (Å²) in [6, 6.07) is 11.2. The van der Waals surface area contributed by atoms with Crippen LogP contribution >= 0.6 is 0 Å². The van der Waals surface area contributed by atoms with Crippen molar-refractivity contribution in [3.8, 4) is 11.1 Å². The van der Waals surface area contributed by atoms with E-state index in [9.17, 15) is 31.5 Å². The van der Waals surface area contributed by atoms with Crippen molar-refractivity contribution < 1.29 is 31.5 Å². The van der Waals surface area contributed by atoms with Gasteiger partial charge < -0.3 is 15.7 Å². The summed E-state index contributed by atoms with van der Waals surface area (Å²) in [5.74, 6) is -1.81. The number of benzene rings is 2. The monoisotopic (exact) mass is 649 g/mol. The summed E-state index contributed by atoms with van der Waals surface area (Å²) in [7, 11) is -5.19. The van der Waals surface area contributed by atoms with E-state index in [2.05, 4.69) is 10.6 Å². The van der Waals surface area contributed by atoms with Crippen molar-refractivity contribution in [1.29, 1.82) is 0 Å². The molecule has 0 radical (unpaired) electrons. The first-order valence-electron chi connectivity index (χ1n) is 15.3. The number of sulfone groups is 1. The number of sulfonamides is 1. The number of carboxylic acids is 1. The third-order valence-electron chi connectivity index (χ3n) is 8.24. The van der Waals surface area contributed by atoms with E-state index >= 15 is 0 Å². The van der Waals surface area contributed by atoms with Crippen LogP contribution in [0.15, 0.2) is 42.5 Å². The zero-order chi connectivity index (χ0) is 32.3. The minimum Gasteiger partial charge on any atom is -0.480 e. The quantitative estimate of drug-likeness (QED) is 0.218. The Morgan fingerprint density at radius 2 is 1.70 bits per heavy atom. The summed E-state index contributed by atoms with van der Waals surface area (Å²) in [6.45, 7) is 3.08. The van der Waals surface area contributed by atoms with Crippen LogP contribution in [0.4, 0.5) is 0 Å². The first-order valence-corrected chi connectivity index (χ1v) is 19.0. The Morgan fingerprint density at radius 1 is 1.00 bits per heavy atom. The van der Waals surface area contributed by atoms with Crippen LogP contribution in [0.3, 0.4) is 0 Å². The third-order valence-corrected chi connectivity index (χ3v) is 11.1. The summed E-state index contributed by atoms with van der Waals surface area (Å²) in [5, 5.41) is 15.2. The van der Waals surface area contributed by atoms with E-state index in [1.54, 1.807) is 29.6 Å². The second-order valence-electron chi connectivity index (χ2n) is 11.9. The van der Waals surface area contributed by atoms with Crippen LogP contribution in [0.2, 0.25) is 0 Å². The van der Waals surface area contributed by atoms with Crippen molar-refractivity contribution in [3.63, 3.8) is 0 Å². The average Bonchev–Trinajstić information content (AvgIpc) is 2.97. The molecule has 0 spiro atoms. The van der Waals surface area contributed by atoms with Gasteiger partial charge in [0.2, 0.25) is 10.0 Å². The summed E-state index contributed by atoms with van der Waals surface area (Å²) in [4.78, 5) is 25.3. The Labute approximate surface area is 262 Å². The molecule has 0 aromatic heterocycles. The molecule has 1 aliphatic carbocycles. The molecule has 2 aromatic carbocycles. The molecule has 12 heteroatoms. The van der Waals surface area contributed by atoms with Gasteiger partial charge in [-0.3, -0.25) is 4.79 Å². The molecule has 1 fully saturated rings. The molecular weight excluding hydrogens is 603 g/mol. The fraction of sp³-hybridized carbons (Fsp3) is 0.562. The largest absolute Gasteiger partial charge is 0.480 e. The molecule has 1 saturated carbocycles. The molecule has 10 nitrogen and oxygen atoms in total. The first-order chi connectivity index (χ1) is 20.8. The molecule has 1 aliphatic rings. The lowest BCUT2D eigenvalue weighted by atomic mass is 9.87. The van der Waals surface area contributed by atoms with Gasteiger partial charge in [-0.2, -0.15) is 4.31 Å². The van der Waals surface area contributed by atoms with E-state index in [0.29, 0.717) is 36.6 Å². The van der Waals surface area contributed by atoms with Gasteiger partial charge in [0.05, 0.1) is 11.5 Å². The van der Waals surface area contributed by atoms with Crippen LogP contribution in [-0.4, -0.2) is 82.1 Å². The Balaban J connectivity index is 1.95. The number of amides is 1. The second-order valence-corrected chi connectivity index (χ2v) is 16.2. The summed E-state index contributed by atoms with van der Waals surface area (Å²) in [6.07, 6.45) is 7.89. The Bertz CT molecular complexity index is 1490. The van der Waals surface area contributed by atoms with E-state index in [0.717, 1.165) is 36.6 Å². The number of nitrogens with zero attached hydrogens (tertiary/aromatic N) is 1. The van der Waals surface area contributed by atoms with Gasteiger partial charge in [-0.25, -0.2) is 21.6 Å². The van der Waals surface area contributed by atoms with Gasteiger partial charge in [0.25, 0.3) is 5.91 Å². The van der Waals surface area contributed by atoms with Gasteiger partial charge in [-0.15, -0.1) is 0 Å². The van der Waals surface area contributed by atoms with Crippen molar-refractivity contribution in [3.05, 3.63) is 59.2 Å². The average molecular weight is 650 g/mol. The van der Waals surface area contributed by atoms with Crippen molar-refractivity contribution in [2.75, 3.05) is 37.9 Å². The van der Waals surface area contributed by atoms with E-state index < -0.39 is 37.8 Å². The highest BCUT2D eigenvalue weighted by Crippen LogP contribution is 2.30. The molecule has 1 atom stereocenters. The number of carbonyl (C=O) groups is 2. The van der Waals surface area contributed by atoms with E-state index in [1.807, 2.05) is 31.2 Å². The van der Waals surface area contributed by atoms with Crippen LogP contribution in [0.25, 0.3) is 11.1 Å². The van der Waals surface area contributed by atoms with Crippen molar-refractivity contribution in [2.45, 2.75) is 70.9 Å². The molecule has 244 valence electrons. The fourth-order valence-corrected chi connectivity index (χ4v) is 7.85. The number of carbonyl (C=O) groups excluding carboxylic acids is 1. The molecule has 44 heavy (non-hydrogen) atoms. The first kappa shape index (κ1) is 35.7. The smallest absolute Gasteiger partial charge is 0.326 e. The molecule has 0 aliphatic heterocycles. The van der Waals surface area contributed by atoms with Gasteiger partial charge in [-0.05, 0) is 80.1 Å². The van der Waals surface area contributed by atoms with Crippen LogP contribution in [0.1, 0.15) is 72.9 Å². The minimum absolute atomic E-state index is 0.0354. The van der Waals surface area contributed by atoms with Crippen LogP contribution in [-0.2, 0) is 31.2 Å². The lowest BCUT2D eigenvalue weighted by Gasteiger charge is -2.27. The van der Waals surface area contributed by atoms with Gasteiger partial charge >= 0.3 is 5.97 Å². The number of nitrogens with one attached hydrogen (secondary N) is 2. The molecule has 0 bridgehead atoms. The molecule has 0 unspecified atom stereocenters. The lowest BCUT2D eigenvalue weighted by Crippen LogP contribution is -2.42. The number of aliphatic carboxylic acids is 1. The number of hydrogen-bond acceptors (Lipinski definition) is 7. The van der Waals surface area contributed by atoms with Crippen LogP contribution < -0.4 is 10.6 Å².